The third kappa shape index (κ3) is 4.05. The minimum absolute atomic E-state index is 0.000211. The van der Waals surface area contributed by atoms with Crippen LogP contribution in [0.1, 0.15) is 32.3 Å². The second kappa shape index (κ2) is 6.50. The fourth-order valence-corrected chi connectivity index (χ4v) is 1.95. The van der Waals surface area contributed by atoms with E-state index >= 15 is 0 Å². The van der Waals surface area contributed by atoms with Crippen molar-refractivity contribution in [2.45, 2.75) is 39.3 Å². The van der Waals surface area contributed by atoms with Crippen LogP contribution in [0.2, 0.25) is 0 Å². The van der Waals surface area contributed by atoms with Gasteiger partial charge in [-0.25, -0.2) is 0 Å². The average molecular weight is 275 g/mol. The fourth-order valence-electron chi connectivity index (χ4n) is 1.95. The van der Waals surface area contributed by atoms with Gasteiger partial charge in [0.1, 0.15) is 6.04 Å². The molecule has 2 rings (SSSR count). The molecule has 1 aromatic heterocycles. The predicted octanol–water partition coefficient (Wildman–Crippen LogP) is 1.25. The van der Waals surface area contributed by atoms with Crippen LogP contribution >= 0.6 is 0 Å². The molecule has 0 radical (unpaired) electrons. The van der Waals surface area contributed by atoms with Crippen molar-refractivity contribution in [3.05, 3.63) is 30.1 Å². The van der Waals surface area contributed by atoms with Gasteiger partial charge in [-0.15, -0.1) is 0 Å². The highest BCUT2D eigenvalue weighted by Gasteiger charge is 2.33. The van der Waals surface area contributed by atoms with Crippen LogP contribution in [0.5, 0.6) is 0 Å². The van der Waals surface area contributed by atoms with Crippen molar-refractivity contribution in [3.8, 4) is 0 Å². The Labute approximate surface area is 119 Å². The normalized spacial score (nSPS) is 15.8. The lowest BCUT2D eigenvalue weighted by Crippen LogP contribution is -2.49. The number of nitrogens with one attached hydrogen (secondary N) is 2. The highest BCUT2D eigenvalue weighted by atomic mass is 16.2. The first-order valence-corrected chi connectivity index (χ1v) is 7.05. The van der Waals surface area contributed by atoms with E-state index in [9.17, 15) is 9.59 Å². The van der Waals surface area contributed by atoms with Gasteiger partial charge in [-0.2, -0.15) is 0 Å². The molecule has 1 aliphatic carbocycles. The van der Waals surface area contributed by atoms with E-state index in [0.29, 0.717) is 6.54 Å². The van der Waals surface area contributed by atoms with Crippen LogP contribution in [0.15, 0.2) is 24.5 Å². The number of amides is 2. The number of nitrogens with zero attached hydrogens (tertiary/aromatic N) is 1. The molecule has 1 aliphatic rings. The molecule has 0 bridgehead atoms. The third-order valence-electron chi connectivity index (χ3n) is 3.38. The van der Waals surface area contributed by atoms with E-state index in [-0.39, 0.29) is 23.7 Å². The molecule has 1 heterocycles. The summed E-state index contributed by atoms with van der Waals surface area (Å²) in [6, 6.07) is 3.26. The fraction of sp³-hybridized carbons (Fsp3) is 0.533. The smallest absolute Gasteiger partial charge is 0.243 e. The second-order valence-corrected chi connectivity index (χ2v) is 5.58. The standard InChI is InChI=1S/C15H21N3O2/c1-10(2)13(18-14(19)12-5-6-12)15(20)17-9-11-4-3-7-16-8-11/h3-4,7-8,10,12-13H,5-6,9H2,1-2H3,(H,17,20)(H,18,19)/t13-/m0/s1. The van der Waals surface area contributed by atoms with E-state index in [1.54, 1.807) is 12.4 Å². The predicted molar refractivity (Wildman–Crippen MR) is 75.6 cm³/mol. The van der Waals surface area contributed by atoms with Gasteiger partial charge in [0.2, 0.25) is 11.8 Å². The third-order valence-corrected chi connectivity index (χ3v) is 3.38. The molecule has 0 unspecified atom stereocenters. The lowest BCUT2D eigenvalue weighted by atomic mass is 10.0. The van der Waals surface area contributed by atoms with Gasteiger partial charge in [0.25, 0.3) is 0 Å². The van der Waals surface area contributed by atoms with Gasteiger partial charge in [0.15, 0.2) is 0 Å². The van der Waals surface area contributed by atoms with Crippen molar-refractivity contribution >= 4 is 11.8 Å². The Bertz CT molecular complexity index is 469. The molecule has 20 heavy (non-hydrogen) atoms. The second-order valence-electron chi connectivity index (χ2n) is 5.58. The van der Waals surface area contributed by atoms with Gasteiger partial charge < -0.3 is 10.6 Å². The van der Waals surface area contributed by atoms with Crippen LogP contribution in [-0.4, -0.2) is 22.8 Å². The van der Waals surface area contributed by atoms with Crippen molar-refractivity contribution in [2.75, 3.05) is 0 Å². The average Bonchev–Trinajstić information content (AvgIpc) is 3.27. The topological polar surface area (TPSA) is 71.1 Å². The molecule has 1 atom stereocenters. The first-order valence-electron chi connectivity index (χ1n) is 7.05. The SMILES string of the molecule is CC(C)[C@H](NC(=O)C1CC1)C(=O)NCc1cccnc1. The van der Waals surface area contributed by atoms with Crippen LogP contribution in [0, 0.1) is 11.8 Å². The van der Waals surface area contributed by atoms with Gasteiger partial charge in [-0.05, 0) is 30.4 Å². The molecule has 2 amide bonds. The number of rotatable bonds is 6. The van der Waals surface area contributed by atoms with Crippen LogP contribution in [0.25, 0.3) is 0 Å². The summed E-state index contributed by atoms with van der Waals surface area (Å²) < 4.78 is 0. The highest BCUT2D eigenvalue weighted by Crippen LogP contribution is 2.29. The summed E-state index contributed by atoms with van der Waals surface area (Å²) in [6.45, 7) is 4.29. The van der Waals surface area contributed by atoms with Crippen molar-refractivity contribution in [2.24, 2.45) is 11.8 Å². The molecular weight excluding hydrogens is 254 g/mol. The molecule has 5 heteroatoms. The first kappa shape index (κ1) is 14.5. The summed E-state index contributed by atoms with van der Waals surface area (Å²) in [4.78, 5) is 28.0. The van der Waals surface area contributed by atoms with Crippen molar-refractivity contribution in [3.63, 3.8) is 0 Å². The first-order chi connectivity index (χ1) is 9.58. The zero-order chi connectivity index (χ0) is 14.5. The van der Waals surface area contributed by atoms with Gasteiger partial charge >= 0.3 is 0 Å². The largest absolute Gasteiger partial charge is 0.350 e. The summed E-state index contributed by atoms with van der Waals surface area (Å²) >= 11 is 0. The minimum atomic E-state index is -0.472. The van der Waals surface area contributed by atoms with E-state index < -0.39 is 6.04 Å². The number of pyridine rings is 1. The molecule has 1 aromatic rings. The molecular formula is C15H21N3O2. The van der Waals surface area contributed by atoms with Crippen LogP contribution in [-0.2, 0) is 16.1 Å². The lowest BCUT2D eigenvalue weighted by Gasteiger charge is -2.21. The van der Waals surface area contributed by atoms with Crippen LogP contribution < -0.4 is 10.6 Å². The summed E-state index contributed by atoms with van der Waals surface area (Å²) in [5, 5.41) is 5.70. The van der Waals surface area contributed by atoms with E-state index in [4.69, 9.17) is 0 Å². The van der Waals surface area contributed by atoms with E-state index in [1.807, 2.05) is 26.0 Å². The van der Waals surface area contributed by atoms with Gasteiger partial charge in [0, 0.05) is 24.9 Å². The summed E-state index contributed by atoms with van der Waals surface area (Å²) in [5.41, 5.74) is 0.942. The number of carbonyl (C=O) groups is 2. The van der Waals surface area contributed by atoms with Crippen LogP contribution in [0.3, 0.4) is 0 Å². The van der Waals surface area contributed by atoms with E-state index in [1.165, 1.54) is 0 Å². The quantitative estimate of drug-likeness (QED) is 0.820. The molecule has 1 fully saturated rings. The zero-order valence-corrected chi connectivity index (χ0v) is 11.9. The van der Waals surface area contributed by atoms with Gasteiger partial charge in [-0.3, -0.25) is 14.6 Å². The molecule has 0 aliphatic heterocycles. The molecule has 0 spiro atoms. The molecule has 2 N–H and O–H groups in total. The van der Waals surface area contributed by atoms with E-state index in [0.717, 1.165) is 18.4 Å². The van der Waals surface area contributed by atoms with Crippen molar-refractivity contribution in [1.29, 1.82) is 0 Å². The maximum absolute atomic E-state index is 12.2. The summed E-state index contributed by atoms with van der Waals surface area (Å²) in [5.74, 6) is 0.0343. The Morgan fingerprint density at radius 3 is 2.70 bits per heavy atom. The van der Waals surface area contributed by atoms with Crippen LogP contribution in [0.4, 0.5) is 0 Å². The van der Waals surface area contributed by atoms with Gasteiger partial charge in [0.05, 0.1) is 0 Å². The Morgan fingerprint density at radius 1 is 1.40 bits per heavy atom. The molecule has 1 saturated carbocycles. The van der Waals surface area contributed by atoms with Crippen molar-refractivity contribution < 1.29 is 9.59 Å². The zero-order valence-electron chi connectivity index (χ0n) is 11.9. The Balaban J connectivity index is 1.87. The maximum Gasteiger partial charge on any atom is 0.243 e. The number of hydrogen-bond donors (Lipinski definition) is 2. The number of carbonyl (C=O) groups excluding carboxylic acids is 2. The Morgan fingerprint density at radius 2 is 2.15 bits per heavy atom. The molecule has 0 saturated heterocycles. The molecule has 108 valence electrons. The maximum atomic E-state index is 12.2. The van der Waals surface area contributed by atoms with Crippen molar-refractivity contribution in [1.82, 2.24) is 15.6 Å². The highest BCUT2D eigenvalue weighted by molar-refractivity contribution is 5.89. The van der Waals surface area contributed by atoms with Gasteiger partial charge in [-0.1, -0.05) is 19.9 Å². The summed E-state index contributed by atoms with van der Waals surface area (Å²) in [7, 11) is 0. The Hall–Kier alpha value is -1.91. The Kier molecular flexibility index (Phi) is 4.71. The number of aromatic nitrogens is 1. The molecule has 0 aromatic carbocycles. The lowest BCUT2D eigenvalue weighted by molar-refractivity contribution is -0.130. The molecule has 5 nitrogen and oxygen atoms in total. The minimum Gasteiger partial charge on any atom is -0.350 e. The van der Waals surface area contributed by atoms with E-state index in [2.05, 4.69) is 15.6 Å². The number of hydrogen-bond acceptors (Lipinski definition) is 3. The summed E-state index contributed by atoms with van der Waals surface area (Å²) in [6.07, 6.45) is 5.29. The monoisotopic (exact) mass is 275 g/mol.